The van der Waals surface area contributed by atoms with Gasteiger partial charge in [-0.3, -0.25) is 0 Å². The topological polar surface area (TPSA) is 90.5 Å². The minimum atomic E-state index is -0.144. The van der Waals surface area contributed by atoms with Gasteiger partial charge in [0.1, 0.15) is 5.52 Å². The molecule has 1 aliphatic rings. The number of methoxy groups -OCH3 is 1. The van der Waals surface area contributed by atoms with Crippen molar-refractivity contribution in [1.82, 2.24) is 24.3 Å². The van der Waals surface area contributed by atoms with Crippen LogP contribution in [0.25, 0.3) is 28.2 Å². The summed E-state index contributed by atoms with van der Waals surface area (Å²) < 4.78 is 14.6. The third kappa shape index (κ3) is 4.22. The average molecular weight is 449 g/mol. The van der Waals surface area contributed by atoms with E-state index in [0.29, 0.717) is 37.9 Å². The highest BCUT2D eigenvalue weighted by molar-refractivity contribution is 5.87. The lowest BCUT2D eigenvalue weighted by molar-refractivity contribution is 0.123. The van der Waals surface area contributed by atoms with Gasteiger partial charge in [0, 0.05) is 38.4 Å². The number of hydrogen-bond donors (Lipinski definition) is 1. The van der Waals surface area contributed by atoms with Gasteiger partial charge >= 0.3 is 0 Å². The molecule has 172 valence electrons. The van der Waals surface area contributed by atoms with Crippen LogP contribution in [0.1, 0.15) is 11.3 Å². The van der Waals surface area contributed by atoms with Gasteiger partial charge in [-0.05, 0) is 19.1 Å². The number of imidazole rings is 1. The van der Waals surface area contributed by atoms with Crippen LogP contribution in [0.15, 0.2) is 42.7 Å². The molecule has 9 heteroatoms. The largest absolute Gasteiger partial charge is 0.390 e. The molecular formula is C24H28N6O3. The van der Waals surface area contributed by atoms with Crippen LogP contribution in [-0.2, 0) is 22.6 Å². The molecule has 4 heterocycles. The third-order valence-corrected chi connectivity index (χ3v) is 5.90. The Labute approximate surface area is 192 Å². The van der Waals surface area contributed by atoms with Gasteiger partial charge < -0.3 is 24.0 Å². The van der Waals surface area contributed by atoms with Crippen molar-refractivity contribution < 1.29 is 14.6 Å². The first-order chi connectivity index (χ1) is 16.2. The lowest BCUT2D eigenvalue weighted by Crippen LogP contribution is -2.36. The molecule has 1 aromatic carbocycles. The standard InChI is InChI=1S/C24H28N6O3/c1-17-4-3-5-18(12-17)20-13-19(15-31)30(27-20)22-14-21(28-7-10-33-11-8-28)23-24(26-22)29(16-25-23)6-9-32-2/h3-5,12-14,16,31H,6-11,15H2,1-2H3. The predicted molar refractivity (Wildman–Crippen MR) is 126 cm³/mol. The SMILES string of the molecule is COCCn1cnc2c(N3CCOCC3)cc(-n3nc(-c4cccc(C)c4)cc3CO)nc21. The van der Waals surface area contributed by atoms with Crippen LogP contribution >= 0.6 is 0 Å². The molecule has 0 amide bonds. The van der Waals surface area contributed by atoms with Gasteiger partial charge in [-0.1, -0.05) is 23.8 Å². The molecule has 1 aliphatic heterocycles. The van der Waals surface area contributed by atoms with Crippen LogP contribution in [0.3, 0.4) is 0 Å². The number of benzene rings is 1. The summed E-state index contributed by atoms with van der Waals surface area (Å²) in [7, 11) is 1.68. The van der Waals surface area contributed by atoms with E-state index in [0.717, 1.165) is 46.8 Å². The van der Waals surface area contributed by atoms with Crippen LogP contribution < -0.4 is 4.90 Å². The molecule has 5 rings (SSSR count). The Morgan fingerprint density at radius 1 is 1.15 bits per heavy atom. The van der Waals surface area contributed by atoms with Gasteiger partial charge in [0.05, 0.1) is 49.8 Å². The molecule has 0 saturated carbocycles. The summed E-state index contributed by atoms with van der Waals surface area (Å²) in [6.07, 6.45) is 1.80. The Kier molecular flexibility index (Phi) is 6.08. The molecule has 0 atom stereocenters. The number of aromatic nitrogens is 5. The fourth-order valence-corrected chi connectivity index (χ4v) is 4.19. The van der Waals surface area contributed by atoms with Crippen molar-refractivity contribution in [2.75, 3.05) is 44.9 Å². The number of rotatable bonds is 7. The molecule has 1 N–H and O–H groups in total. The molecule has 0 bridgehead atoms. The first-order valence-corrected chi connectivity index (χ1v) is 11.1. The summed E-state index contributed by atoms with van der Waals surface area (Å²) in [5.74, 6) is 0.645. The first-order valence-electron chi connectivity index (χ1n) is 11.1. The van der Waals surface area contributed by atoms with E-state index in [9.17, 15) is 5.11 Å². The maximum absolute atomic E-state index is 10.1. The zero-order valence-electron chi connectivity index (χ0n) is 18.9. The zero-order chi connectivity index (χ0) is 22.8. The van der Waals surface area contributed by atoms with Gasteiger partial charge in [0.2, 0.25) is 0 Å². The fraction of sp³-hybridized carbons (Fsp3) is 0.375. The third-order valence-electron chi connectivity index (χ3n) is 5.90. The quantitative estimate of drug-likeness (QED) is 0.465. The Morgan fingerprint density at radius 2 is 2.00 bits per heavy atom. The highest BCUT2D eigenvalue weighted by atomic mass is 16.5. The van der Waals surface area contributed by atoms with Crippen LogP contribution in [-0.4, -0.2) is 69.4 Å². The van der Waals surface area contributed by atoms with Crippen molar-refractivity contribution in [3.8, 4) is 17.1 Å². The first kappa shape index (κ1) is 21.6. The highest BCUT2D eigenvalue weighted by Gasteiger charge is 2.21. The fourth-order valence-electron chi connectivity index (χ4n) is 4.19. The van der Waals surface area contributed by atoms with Crippen LogP contribution in [0, 0.1) is 6.92 Å². The summed E-state index contributed by atoms with van der Waals surface area (Å²) in [6, 6.07) is 12.1. The molecule has 1 saturated heterocycles. The molecule has 0 radical (unpaired) electrons. The maximum Gasteiger partial charge on any atom is 0.164 e. The Morgan fingerprint density at radius 3 is 2.76 bits per heavy atom. The summed E-state index contributed by atoms with van der Waals surface area (Å²) in [4.78, 5) is 11.9. The number of fused-ring (bicyclic) bond motifs is 1. The zero-order valence-corrected chi connectivity index (χ0v) is 18.9. The van der Waals surface area contributed by atoms with Crippen molar-refractivity contribution in [3.05, 3.63) is 54.0 Å². The number of hydrogen-bond acceptors (Lipinski definition) is 7. The van der Waals surface area contributed by atoms with E-state index in [-0.39, 0.29) is 6.61 Å². The van der Waals surface area contributed by atoms with Crippen molar-refractivity contribution in [1.29, 1.82) is 0 Å². The van der Waals surface area contributed by atoms with E-state index in [1.807, 2.05) is 28.8 Å². The van der Waals surface area contributed by atoms with Crippen molar-refractivity contribution in [3.63, 3.8) is 0 Å². The molecule has 4 aromatic rings. The highest BCUT2D eigenvalue weighted by Crippen LogP contribution is 2.30. The monoisotopic (exact) mass is 448 g/mol. The minimum Gasteiger partial charge on any atom is -0.390 e. The van der Waals surface area contributed by atoms with Crippen molar-refractivity contribution in [2.45, 2.75) is 20.1 Å². The second-order valence-corrected chi connectivity index (χ2v) is 8.16. The Balaban J connectivity index is 1.65. The van der Waals surface area contributed by atoms with Gasteiger partial charge in [0.25, 0.3) is 0 Å². The summed E-state index contributed by atoms with van der Waals surface area (Å²) in [6.45, 7) is 6.02. The van der Waals surface area contributed by atoms with E-state index >= 15 is 0 Å². The van der Waals surface area contributed by atoms with Gasteiger partial charge in [0.15, 0.2) is 11.5 Å². The summed E-state index contributed by atoms with van der Waals surface area (Å²) in [5, 5.41) is 14.9. The number of ether oxygens (including phenoxy) is 2. The molecule has 0 aliphatic carbocycles. The van der Waals surface area contributed by atoms with Crippen LogP contribution in [0.5, 0.6) is 0 Å². The number of anilines is 1. The predicted octanol–water partition coefficient (Wildman–Crippen LogP) is 2.57. The number of aliphatic hydroxyl groups is 1. The summed E-state index contributed by atoms with van der Waals surface area (Å²) in [5.41, 5.74) is 6.23. The van der Waals surface area contributed by atoms with Crippen molar-refractivity contribution in [2.24, 2.45) is 0 Å². The Bertz CT molecular complexity index is 1260. The molecule has 33 heavy (non-hydrogen) atoms. The van der Waals surface area contributed by atoms with Gasteiger partial charge in [-0.15, -0.1) is 0 Å². The number of pyridine rings is 1. The van der Waals surface area contributed by atoms with Crippen LogP contribution in [0.2, 0.25) is 0 Å². The van der Waals surface area contributed by atoms with E-state index in [2.05, 4.69) is 28.9 Å². The maximum atomic E-state index is 10.1. The summed E-state index contributed by atoms with van der Waals surface area (Å²) >= 11 is 0. The second-order valence-electron chi connectivity index (χ2n) is 8.16. The molecule has 0 unspecified atom stereocenters. The normalized spacial score (nSPS) is 14.3. The number of morpholine rings is 1. The number of aryl methyl sites for hydroxylation is 1. The van der Waals surface area contributed by atoms with E-state index in [1.165, 1.54) is 0 Å². The van der Waals surface area contributed by atoms with Crippen LogP contribution in [0.4, 0.5) is 5.69 Å². The number of aliphatic hydroxyl groups excluding tert-OH is 1. The number of nitrogens with zero attached hydrogens (tertiary/aromatic N) is 6. The van der Waals surface area contributed by atoms with Gasteiger partial charge in [-0.25, -0.2) is 14.6 Å². The van der Waals surface area contributed by atoms with E-state index in [4.69, 9.17) is 19.6 Å². The van der Waals surface area contributed by atoms with Gasteiger partial charge in [-0.2, -0.15) is 5.10 Å². The molecular weight excluding hydrogens is 420 g/mol. The molecule has 3 aromatic heterocycles. The minimum absolute atomic E-state index is 0.144. The lowest BCUT2D eigenvalue weighted by Gasteiger charge is -2.29. The van der Waals surface area contributed by atoms with E-state index < -0.39 is 0 Å². The average Bonchev–Trinajstić information content (AvgIpc) is 3.47. The second kappa shape index (κ2) is 9.30. The molecule has 0 spiro atoms. The van der Waals surface area contributed by atoms with Crippen molar-refractivity contribution >= 4 is 16.9 Å². The lowest BCUT2D eigenvalue weighted by atomic mass is 10.1. The molecule has 9 nitrogen and oxygen atoms in total. The Hall–Kier alpha value is -3.27. The smallest absolute Gasteiger partial charge is 0.164 e. The van der Waals surface area contributed by atoms with E-state index in [1.54, 1.807) is 18.1 Å². The molecule has 1 fully saturated rings.